The number of carbonyl (C=O) groups is 1. The monoisotopic (exact) mass is 405 g/mol. The predicted octanol–water partition coefficient (Wildman–Crippen LogP) is 4.05. The molecule has 4 nitrogen and oxygen atoms in total. The fourth-order valence-electron chi connectivity index (χ4n) is 2.09. The summed E-state index contributed by atoms with van der Waals surface area (Å²) < 4.78 is 14.0. The van der Waals surface area contributed by atoms with Gasteiger partial charge in [0, 0.05) is 4.47 Å². The summed E-state index contributed by atoms with van der Waals surface area (Å²) >= 11 is 4.72. The summed E-state index contributed by atoms with van der Waals surface area (Å²) in [6.45, 7) is 0.360. The van der Waals surface area contributed by atoms with Gasteiger partial charge < -0.3 is 0 Å². The van der Waals surface area contributed by atoms with Crippen molar-refractivity contribution in [2.45, 2.75) is 6.54 Å². The molecule has 1 amide bonds. The maximum atomic E-state index is 13.0. The first-order valence-corrected chi connectivity index (χ1v) is 8.94. The largest absolute Gasteiger partial charge is 0.285 e. The lowest BCUT2D eigenvalue weighted by Crippen LogP contribution is -2.28. The number of amidine groups is 1. The van der Waals surface area contributed by atoms with Gasteiger partial charge in [-0.15, -0.1) is 5.10 Å². The zero-order valence-corrected chi connectivity index (χ0v) is 14.9. The van der Waals surface area contributed by atoms with Crippen LogP contribution < -0.4 is 0 Å². The molecule has 0 spiro atoms. The summed E-state index contributed by atoms with van der Waals surface area (Å²) in [6.07, 6.45) is 1.64. The summed E-state index contributed by atoms with van der Waals surface area (Å²) in [7, 11) is 0. The summed E-state index contributed by atoms with van der Waals surface area (Å²) in [5, 5.41) is 8.77. The van der Waals surface area contributed by atoms with Crippen molar-refractivity contribution in [3.63, 3.8) is 0 Å². The Kier molecular flexibility index (Phi) is 5.42. The second-order valence-corrected chi connectivity index (χ2v) is 6.93. The molecule has 1 aliphatic heterocycles. The van der Waals surface area contributed by atoms with Crippen LogP contribution in [0.25, 0.3) is 0 Å². The molecular formula is C17H13BrFN3OS. The van der Waals surface area contributed by atoms with Crippen LogP contribution in [0.3, 0.4) is 0 Å². The normalized spacial score (nSPS) is 16.5. The fourth-order valence-corrected chi connectivity index (χ4v) is 3.19. The van der Waals surface area contributed by atoms with Gasteiger partial charge in [0.15, 0.2) is 5.17 Å². The average Bonchev–Trinajstić information content (AvgIpc) is 2.92. The van der Waals surface area contributed by atoms with E-state index in [1.807, 2.05) is 24.3 Å². The summed E-state index contributed by atoms with van der Waals surface area (Å²) in [6, 6.07) is 13.8. The minimum atomic E-state index is -0.297. The average molecular weight is 406 g/mol. The van der Waals surface area contributed by atoms with Gasteiger partial charge in [0.25, 0.3) is 0 Å². The molecule has 0 saturated carbocycles. The number of halogens is 2. The molecule has 1 heterocycles. The van der Waals surface area contributed by atoms with E-state index in [4.69, 9.17) is 0 Å². The van der Waals surface area contributed by atoms with E-state index < -0.39 is 0 Å². The molecule has 0 aliphatic carbocycles. The third kappa shape index (κ3) is 4.30. The summed E-state index contributed by atoms with van der Waals surface area (Å²) in [4.78, 5) is 13.6. The maximum Gasteiger partial charge on any atom is 0.239 e. The molecule has 122 valence electrons. The summed E-state index contributed by atoms with van der Waals surface area (Å²) in [5.41, 5.74) is 1.76. The van der Waals surface area contributed by atoms with Crippen molar-refractivity contribution in [3.05, 3.63) is 69.9 Å². The van der Waals surface area contributed by atoms with Crippen molar-refractivity contribution in [2.75, 3.05) is 5.75 Å². The Bertz CT molecular complexity index is 790. The van der Waals surface area contributed by atoms with Gasteiger partial charge in [-0.1, -0.05) is 52.0 Å². The minimum Gasteiger partial charge on any atom is -0.285 e. The Morgan fingerprint density at radius 1 is 1.17 bits per heavy atom. The molecular weight excluding hydrogens is 393 g/mol. The van der Waals surface area contributed by atoms with E-state index in [0.717, 1.165) is 15.6 Å². The van der Waals surface area contributed by atoms with E-state index in [0.29, 0.717) is 17.5 Å². The molecule has 0 aromatic heterocycles. The Morgan fingerprint density at radius 2 is 1.88 bits per heavy atom. The molecule has 1 saturated heterocycles. The van der Waals surface area contributed by atoms with E-state index in [2.05, 4.69) is 26.1 Å². The van der Waals surface area contributed by atoms with Crippen LogP contribution in [0.4, 0.5) is 4.39 Å². The highest BCUT2D eigenvalue weighted by atomic mass is 79.9. The highest BCUT2D eigenvalue weighted by molar-refractivity contribution is 9.10. The third-order valence-electron chi connectivity index (χ3n) is 3.33. The first-order valence-electron chi connectivity index (χ1n) is 7.16. The van der Waals surface area contributed by atoms with E-state index >= 15 is 0 Å². The predicted molar refractivity (Wildman–Crippen MR) is 98.6 cm³/mol. The van der Waals surface area contributed by atoms with Crippen molar-refractivity contribution in [3.8, 4) is 0 Å². The van der Waals surface area contributed by atoms with E-state index in [-0.39, 0.29) is 11.7 Å². The van der Waals surface area contributed by atoms with Crippen LogP contribution in [0, 0.1) is 5.82 Å². The number of thioether (sulfide) groups is 1. The van der Waals surface area contributed by atoms with Gasteiger partial charge in [0.05, 0.1) is 18.5 Å². The zero-order valence-electron chi connectivity index (χ0n) is 12.5. The van der Waals surface area contributed by atoms with E-state index in [1.165, 1.54) is 23.9 Å². The van der Waals surface area contributed by atoms with Gasteiger partial charge in [0.1, 0.15) is 5.82 Å². The van der Waals surface area contributed by atoms with Crippen LogP contribution in [-0.2, 0) is 11.3 Å². The highest BCUT2D eigenvalue weighted by Gasteiger charge is 2.28. The zero-order chi connectivity index (χ0) is 16.9. The maximum absolute atomic E-state index is 13.0. The Labute approximate surface area is 151 Å². The van der Waals surface area contributed by atoms with Crippen molar-refractivity contribution in [2.24, 2.45) is 10.2 Å². The number of carbonyl (C=O) groups excluding carboxylic acids is 1. The molecule has 2 aromatic carbocycles. The van der Waals surface area contributed by atoms with Gasteiger partial charge in [-0.05, 0) is 35.4 Å². The number of nitrogens with zero attached hydrogens (tertiary/aromatic N) is 3. The van der Waals surface area contributed by atoms with Gasteiger partial charge in [0.2, 0.25) is 5.91 Å². The topological polar surface area (TPSA) is 45.0 Å². The van der Waals surface area contributed by atoms with Crippen LogP contribution in [0.5, 0.6) is 0 Å². The molecule has 0 bridgehead atoms. The van der Waals surface area contributed by atoms with Crippen molar-refractivity contribution < 1.29 is 9.18 Å². The number of benzene rings is 2. The minimum absolute atomic E-state index is 0.0260. The number of rotatable bonds is 4. The second-order valence-electron chi connectivity index (χ2n) is 5.07. The SMILES string of the molecule is O=C1CS/C(=N\N=C/c2ccc(Br)cc2)N1Cc1ccc(F)cc1. The second kappa shape index (κ2) is 7.72. The molecule has 1 aliphatic rings. The summed E-state index contributed by atoms with van der Waals surface area (Å²) in [5.74, 6) is 0.0177. The molecule has 0 radical (unpaired) electrons. The van der Waals surface area contributed by atoms with Crippen LogP contribution in [-0.4, -0.2) is 27.9 Å². The van der Waals surface area contributed by atoms with Crippen molar-refractivity contribution >= 4 is 45.0 Å². The molecule has 2 aromatic rings. The quantitative estimate of drug-likeness (QED) is 0.568. The Hall–Kier alpha value is -1.99. The van der Waals surface area contributed by atoms with Gasteiger partial charge in [-0.25, -0.2) is 4.39 Å². The molecule has 7 heteroatoms. The van der Waals surface area contributed by atoms with Gasteiger partial charge >= 0.3 is 0 Å². The Balaban J connectivity index is 1.72. The number of amides is 1. The number of hydrogen-bond acceptors (Lipinski definition) is 4. The fraction of sp³-hybridized carbons (Fsp3) is 0.118. The highest BCUT2D eigenvalue weighted by Crippen LogP contribution is 2.22. The Morgan fingerprint density at radius 3 is 2.58 bits per heavy atom. The first kappa shape index (κ1) is 16.9. The molecule has 3 rings (SSSR count). The van der Waals surface area contributed by atoms with Gasteiger partial charge in [-0.2, -0.15) is 5.10 Å². The standard InChI is InChI=1S/C17H13BrFN3OS/c18-14-5-1-12(2-6-14)9-20-21-17-22(16(23)11-24-17)10-13-3-7-15(19)8-4-13/h1-9H,10-11H2/b20-9-,21-17-. The van der Waals surface area contributed by atoms with Crippen molar-refractivity contribution in [1.82, 2.24) is 4.90 Å². The third-order valence-corrected chi connectivity index (χ3v) is 4.81. The van der Waals surface area contributed by atoms with E-state index in [9.17, 15) is 9.18 Å². The van der Waals surface area contributed by atoms with Gasteiger partial charge in [-0.3, -0.25) is 9.69 Å². The van der Waals surface area contributed by atoms with E-state index in [1.54, 1.807) is 23.2 Å². The molecule has 24 heavy (non-hydrogen) atoms. The molecule has 0 unspecified atom stereocenters. The number of hydrogen-bond donors (Lipinski definition) is 0. The van der Waals surface area contributed by atoms with Crippen LogP contribution in [0.2, 0.25) is 0 Å². The smallest absolute Gasteiger partial charge is 0.239 e. The molecule has 1 fully saturated rings. The lowest BCUT2D eigenvalue weighted by Gasteiger charge is -2.15. The lowest BCUT2D eigenvalue weighted by atomic mass is 10.2. The van der Waals surface area contributed by atoms with Crippen LogP contribution >= 0.6 is 27.7 Å². The van der Waals surface area contributed by atoms with Crippen molar-refractivity contribution in [1.29, 1.82) is 0 Å². The van der Waals surface area contributed by atoms with Crippen LogP contribution in [0.15, 0.2) is 63.2 Å². The first-order chi connectivity index (χ1) is 11.6. The molecule has 0 atom stereocenters. The lowest BCUT2D eigenvalue weighted by molar-refractivity contribution is -0.124. The van der Waals surface area contributed by atoms with Crippen LogP contribution in [0.1, 0.15) is 11.1 Å². The molecule has 0 N–H and O–H groups in total.